The summed E-state index contributed by atoms with van der Waals surface area (Å²) in [4.78, 5) is 28.5. The molecular formula is C26H29FN6OS. The molecule has 4 aromatic rings. The smallest absolute Gasteiger partial charge is 0.264 e. The highest BCUT2D eigenvalue weighted by Crippen LogP contribution is 2.30. The third-order valence-corrected chi connectivity index (χ3v) is 7.47. The third-order valence-electron chi connectivity index (χ3n) is 6.33. The third kappa shape index (κ3) is 4.77. The predicted molar refractivity (Wildman–Crippen MR) is 137 cm³/mol. The number of piperazine rings is 1. The summed E-state index contributed by atoms with van der Waals surface area (Å²) >= 11 is 1.47. The Morgan fingerprint density at radius 1 is 1.06 bits per heavy atom. The van der Waals surface area contributed by atoms with Crippen LogP contribution in [0.25, 0.3) is 10.2 Å². The maximum atomic E-state index is 13.3. The number of aromatic nitrogens is 4. The molecule has 0 bridgehead atoms. The van der Waals surface area contributed by atoms with E-state index >= 15 is 0 Å². The van der Waals surface area contributed by atoms with Crippen LogP contribution in [0.5, 0.6) is 0 Å². The molecule has 1 amide bonds. The number of thiophene rings is 1. The molecule has 182 valence electrons. The molecule has 0 radical (unpaired) electrons. The Balaban J connectivity index is 1.30. The summed E-state index contributed by atoms with van der Waals surface area (Å²) in [5.41, 5.74) is 2.82. The fourth-order valence-corrected chi connectivity index (χ4v) is 5.51. The van der Waals surface area contributed by atoms with Crippen LogP contribution in [0, 0.1) is 19.7 Å². The minimum absolute atomic E-state index is 0.0559. The lowest BCUT2D eigenvalue weighted by molar-refractivity contribution is 0.0751. The van der Waals surface area contributed by atoms with Crippen molar-refractivity contribution in [3.63, 3.8) is 0 Å². The number of nitrogens with zero attached hydrogens (tertiary/aromatic N) is 6. The molecule has 0 aliphatic carbocycles. The number of halogens is 1. The van der Waals surface area contributed by atoms with Crippen molar-refractivity contribution in [1.82, 2.24) is 24.6 Å². The molecule has 7 nitrogen and oxygen atoms in total. The van der Waals surface area contributed by atoms with Crippen LogP contribution in [0.4, 0.5) is 10.2 Å². The molecule has 1 saturated heterocycles. The minimum atomic E-state index is -0.255. The normalized spacial score (nSPS) is 14.3. The van der Waals surface area contributed by atoms with E-state index in [0.29, 0.717) is 19.6 Å². The second-order valence-electron chi connectivity index (χ2n) is 9.36. The number of carbonyl (C=O) groups excluding carboxylic acids is 1. The molecule has 1 fully saturated rings. The van der Waals surface area contributed by atoms with Crippen molar-refractivity contribution < 1.29 is 9.18 Å². The molecule has 0 unspecified atom stereocenters. The van der Waals surface area contributed by atoms with E-state index in [9.17, 15) is 9.18 Å². The highest BCUT2D eigenvalue weighted by atomic mass is 32.1. The number of hydrogen-bond acceptors (Lipinski definition) is 6. The van der Waals surface area contributed by atoms with Gasteiger partial charge in [0.1, 0.15) is 22.3 Å². The first-order valence-corrected chi connectivity index (χ1v) is 12.7. The van der Waals surface area contributed by atoms with Crippen LogP contribution >= 0.6 is 11.3 Å². The Hall–Kier alpha value is -3.33. The molecule has 9 heteroatoms. The summed E-state index contributed by atoms with van der Waals surface area (Å²) in [5.74, 6) is 1.86. The van der Waals surface area contributed by atoms with Gasteiger partial charge in [0.15, 0.2) is 0 Å². The van der Waals surface area contributed by atoms with Crippen LogP contribution in [-0.4, -0.2) is 56.7 Å². The lowest BCUT2D eigenvalue weighted by atomic mass is 10.2. The minimum Gasteiger partial charge on any atom is -0.353 e. The van der Waals surface area contributed by atoms with E-state index in [4.69, 9.17) is 4.98 Å². The van der Waals surface area contributed by atoms with Gasteiger partial charge in [-0.1, -0.05) is 26.0 Å². The van der Waals surface area contributed by atoms with Gasteiger partial charge in [-0.3, -0.25) is 9.48 Å². The number of carbonyl (C=O) groups is 1. The van der Waals surface area contributed by atoms with Gasteiger partial charge in [-0.25, -0.2) is 14.4 Å². The Morgan fingerprint density at radius 2 is 1.77 bits per heavy atom. The Morgan fingerprint density at radius 3 is 2.46 bits per heavy atom. The zero-order chi connectivity index (χ0) is 24.7. The molecule has 3 aromatic heterocycles. The zero-order valence-corrected chi connectivity index (χ0v) is 21.3. The summed E-state index contributed by atoms with van der Waals surface area (Å²) in [6, 6.07) is 10.4. The first kappa shape index (κ1) is 23.4. The van der Waals surface area contributed by atoms with Crippen molar-refractivity contribution in [2.45, 2.75) is 40.2 Å². The van der Waals surface area contributed by atoms with Crippen molar-refractivity contribution in [2.75, 3.05) is 31.1 Å². The number of aryl methyl sites for hydroxylation is 2. The molecule has 0 spiro atoms. The van der Waals surface area contributed by atoms with Crippen LogP contribution in [0.1, 0.15) is 52.2 Å². The zero-order valence-electron chi connectivity index (χ0n) is 20.5. The molecule has 0 atom stereocenters. The van der Waals surface area contributed by atoms with E-state index < -0.39 is 0 Å². The van der Waals surface area contributed by atoms with Gasteiger partial charge in [0.05, 0.1) is 17.1 Å². The number of anilines is 1. The van der Waals surface area contributed by atoms with Crippen molar-refractivity contribution in [1.29, 1.82) is 0 Å². The van der Waals surface area contributed by atoms with Gasteiger partial charge in [-0.15, -0.1) is 11.3 Å². The fourth-order valence-electron chi connectivity index (χ4n) is 4.38. The van der Waals surface area contributed by atoms with Crippen LogP contribution in [-0.2, 0) is 6.54 Å². The summed E-state index contributed by atoms with van der Waals surface area (Å²) in [6.45, 7) is 11.5. The fraction of sp³-hybridized carbons (Fsp3) is 0.385. The topological polar surface area (TPSA) is 67.2 Å². The number of fused-ring (bicyclic) bond motifs is 1. The molecule has 35 heavy (non-hydrogen) atoms. The molecule has 4 heterocycles. The van der Waals surface area contributed by atoms with Gasteiger partial charge in [0.2, 0.25) is 0 Å². The molecule has 1 aliphatic rings. The van der Waals surface area contributed by atoms with Gasteiger partial charge >= 0.3 is 0 Å². The first-order valence-electron chi connectivity index (χ1n) is 11.9. The number of rotatable bonds is 5. The van der Waals surface area contributed by atoms with Crippen LogP contribution in [0.15, 0.2) is 36.4 Å². The lowest BCUT2D eigenvalue weighted by Crippen LogP contribution is -2.49. The number of benzene rings is 1. The monoisotopic (exact) mass is 492 g/mol. The quantitative estimate of drug-likeness (QED) is 0.401. The van der Waals surface area contributed by atoms with E-state index in [-0.39, 0.29) is 17.6 Å². The summed E-state index contributed by atoms with van der Waals surface area (Å²) in [5, 5.41) is 5.64. The predicted octanol–water partition coefficient (Wildman–Crippen LogP) is 4.78. The molecule has 1 aromatic carbocycles. The average molecular weight is 493 g/mol. The van der Waals surface area contributed by atoms with E-state index in [0.717, 1.165) is 56.8 Å². The van der Waals surface area contributed by atoms with Crippen LogP contribution in [0.2, 0.25) is 0 Å². The Kier molecular flexibility index (Phi) is 6.27. The molecule has 0 saturated carbocycles. The van der Waals surface area contributed by atoms with Crippen LogP contribution in [0.3, 0.4) is 0 Å². The molecule has 5 rings (SSSR count). The molecular weight excluding hydrogens is 463 g/mol. The molecule has 1 aliphatic heterocycles. The number of amides is 1. The number of hydrogen-bond donors (Lipinski definition) is 0. The van der Waals surface area contributed by atoms with E-state index in [1.54, 1.807) is 12.1 Å². The highest BCUT2D eigenvalue weighted by molar-refractivity contribution is 7.20. The summed E-state index contributed by atoms with van der Waals surface area (Å²) < 4.78 is 15.2. The van der Waals surface area contributed by atoms with Gasteiger partial charge in [-0.05, 0) is 37.6 Å². The van der Waals surface area contributed by atoms with Crippen LogP contribution < -0.4 is 4.90 Å². The van der Waals surface area contributed by atoms with Crippen molar-refractivity contribution in [3.05, 3.63) is 69.9 Å². The second-order valence-corrected chi connectivity index (χ2v) is 10.4. The first-order chi connectivity index (χ1) is 16.8. The second kappa shape index (κ2) is 9.37. The van der Waals surface area contributed by atoms with Crippen molar-refractivity contribution in [3.8, 4) is 0 Å². The maximum absolute atomic E-state index is 13.3. The van der Waals surface area contributed by atoms with Crippen molar-refractivity contribution in [2.24, 2.45) is 0 Å². The average Bonchev–Trinajstić information content (AvgIpc) is 3.41. The largest absolute Gasteiger partial charge is 0.353 e. The SMILES string of the molecule is Cc1cc(N2CCN(C(=O)c3cc4c(C)nn(Cc5ccc(F)cc5)c4s3)CC2)nc(C(C)C)n1. The Labute approximate surface area is 208 Å². The van der Waals surface area contributed by atoms with Gasteiger partial charge in [0, 0.05) is 49.2 Å². The standard InChI is InChI=1S/C26H29FN6OS/c1-16(2)24-28-17(3)13-23(29-24)31-9-11-32(12-10-31)25(34)22-14-21-18(4)30-33(26(21)35-22)15-19-5-7-20(27)8-6-19/h5-8,13-14,16H,9-12,15H2,1-4H3. The molecule has 0 N–H and O–H groups in total. The van der Waals surface area contributed by atoms with E-state index in [1.165, 1.54) is 23.5 Å². The van der Waals surface area contributed by atoms with Gasteiger partial charge < -0.3 is 9.80 Å². The van der Waals surface area contributed by atoms with Gasteiger partial charge in [-0.2, -0.15) is 5.10 Å². The van der Waals surface area contributed by atoms with Crippen molar-refractivity contribution >= 4 is 33.3 Å². The maximum Gasteiger partial charge on any atom is 0.264 e. The van der Waals surface area contributed by atoms with E-state index in [1.807, 2.05) is 35.6 Å². The van der Waals surface area contributed by atoms with Gasteiger partial charge in [0.25, 0.3) is 5.91 Å². The Bertz CT molecular complexity index is 1370. The summed E-state index contributed by atoms with van der Waals surface area (Å²) in [7, 11) is 0. The van der Waals surface area contributed by atoms with E-state index in [2.05, 4.69) is 28.8 Å². The summed E-state index contributed by atoms with van der Waals surface area (Å²) in [6.07, 6.45) is 0. The highest BCUT2D eigenvalue weighted by Gasteiger charge is 2.26. The lowest BCUT2D eigenvalue weighted by Gasteiger charge is -2.35.